The number of nitrogens with zero attached hydrogens (tertiary/aromatic N) is 1. The second kappa shape index (κ2) is 4.67. The molecule has 4 nitrogen and oxygen atoms in total. The molecule has 0 spiro atoms. The number of anilines is 1. The van der Waals surface area contributed by atoms with Gasteiger partial charge in [-0.25, -0.2) is 9.64 Å². The highest BCUT2D eigenvalue weighted by Gasteiger charge is 2.16. The second-order valence-electron chi connectivity index (χ2n) is 4.26. The summed E-state index contributed by atoms with van der Waals surface area (Å²) in [6, 6.07) is 6.80. The van der Waals surface area contributed by atoms with Gasteiger partial charge in [-0.1, -0.05) is 18.2 Å². The fraction of sp³-hybridized carbons (Fsp3) is 0.333. The third-order valence-electron chi connectivity index (χ3n) is 1.66. The normalized spacial score (nSPS) is 10.4. The lowest BCUT2D eigenvalue weighted by atomic mass is 10.2. The summed E-state index contributed by atoms with van der Waals surface area (Å²) in [6.07, 6.45) is -0.552. The molecule has 1 aromatic carbocycles. The molecule has 0 saturated heterocycles. The minimum Gasteiger partial charge on any atom is -0.444 e. The molecule has 1 rings (SSSR count). The van der Waals surface area contributed by atoms with Crippen LogP contribution < -0.4 is 5.32 Å². The van der Waals surface area contributed by atoms with Crippen LogP contribution in [0.25, 0.3) is 4.85 Å². The van der Waals surface area contributed by atoms with Crippen LogP contribution in [0.5, 0.6) is 0 Å². The van der Waals surface area contributed by atoms with Crippen LogP contribution in [0.4, 0.5) is 16.2 Å². The van der Waals surface area contributed by atoms with Gasteiger partial charge in [-0.05, 0) is 26.8 Å². The van der Waals surface area contributed by atoms with Crippen molar-refractivity contribution in [2.75, 3.05) is 5.32 Å². The highest BCUT2D eigenvalue weighted by atomic mass is 16.6. The molecule has 1 amide bonds. The molecule has 0 atom stereocenters. The molecular formula is C12H14N2O2. The van der Waals surface area contributed by atoms with Gasteiger partial charge in [0.2, 0.25) is 5.69 Å². The number of ether oxygens (including phenoxy) is 1. The van der Waals surface area contributed by atoms with E-state index in [2.05, 4.69) is 10.2 Å². The molecule has 0 heterocycles. The topological polar surface area (TPSA) is 42.7 Å². The number of hydrogen-bond acceptors (Lipinski definition) is 2. The van der Waals surface area contributed by atoms with Gasteiger partial charge >= 0.3 is 6.09 Å². The highest BCUT2D eigenvalue weighted by molar-refractivity contribution is 5.89. The Morgan fingerprint density at radius 2 is 2.00 bits per heavy atom. The first-order chi connectivity index (χ1) is 7.42. The quantitative estimate of drug-likeness (QED) is 0.732. The van der Waals surface area contributed by atoms with Crippen LogP contribution in [0.3, 0.4) is 0 Å². The average molecular weight is 218 g/mol. The van der Waals surface area contributed by atoms with E-state index < -0.39 is 11.7 Å². The number of carbonyl (C=O) groups is 1. The van der Waals surface area contributed by atoms with E-state index in [0.717, 1.165) is 0 Å². The number of nitrogens with one attached hydrogen (secondary N) is 1. The van der Waals surface area contributed by atoms with Crippen molar-refractivity contribution in [1.82, 2.24) is 0 Å². The molecule has 0 aliphatic rings. The number of rotatable bonds is 1. The molecule has 0 bridgehead atoms. The largest absolute Gasteiger partial charge is 0.444 e. The smallest absolute Gasteiger partial charge is 0.411 e. The fourth-order valence-electron chi connectivity index (χ4n) is 1.09. The third kappa shape index (κ3) is 3.62. The summed E-state index contributed by atoms with van der Waals surface area (Å²) in [5, 5.41) is 2.54. The average Bonchev–Trinajstić information content (AvgIpc) is 2.15. The molecular weight excluding hydrogens is 204 g/mol. The molecule has 4 heteroatoms. The van der Waals surface area contributed by atoms with Crippen LogP contribution in [-0.2, 0) is 4.74 Å². The van der Waals surface area contributed by atoms with E-state index in [9.17, 15) is 4.79 Å². The highest BCUT2D eigenvalue weighted by Crippen LogP contribution is 2.24. The summed E-state index contributed by atoms with van der Waals surface area (Å²) >= 11 is 0. The van der Waals surface area contributed by atoms with E-state index in [4.69, 9.17) is 11.3 Å². The summed E-state index contributed by atoms with van der Waals surface area (Å²) < 4.78 is 5.09. The molecule has 0 aliphatic heterocycles. The Morgan fingerprint density at radius 1 is 1.38 bits per heavy atom. The van der Waals surface area contributed by atoms with Gasteiger partial charge in [0, 0.05) is 5.69 Å². The van der Waals surface area contributed by atoms with Crippen LogP contribution in [0.15, 0.2) is 24.3 Å². The van der Waals surface area contributed by atoms with Gasteiger partial charge in [-0.15, -0.1) is 0 Å². The van der Waals surface area contributed by atoms with Crippen LogP contribution in [-0.4, -0.2) is 11.7 Å². The number of benzene rings is 1. The minimum absolute atomic E-state index is 0.397. The summed E-state index contributed by atoms with van der Waals surface area (Å²) in [4.78, 5) is 14.8. The molecule has 0 aliphatic carbocycles. The number of amides is 1. The first-order valence-electron chi connectivity index (χ1n) is 4.89. The zero-order valence-corrected chi connectivity index (χ0v) is 9.57. The summed E-state index contributed by atoms with van der Waals surface area (Å²) in [5.41, 5.74) is 0.317. The first-order valence-corrected chi connectivity index (χ1v) is 4.89. The van der Waals surface area contributed by atoms with Crippen molar-refractivity contribution in [3.8, 4) is 0 Å². The van der Waals surface area contributed by atoms with Crippen LogP contribution in [0.2, 0.25) is 0 Å². The summed E-state index contributed by atoms with van der Waals surface area (Å²) in [5.74, 6) is 0. The molecule has 1 N–H and O–H groups in total. The van der Waals surface area contributed by atoms with Crippen molar-refractivity contribution in [3.63, 3.8) is 0 Å². The van der Waals surface area contributed by atoms with E-state index in [1.54, 1.807) is 45.0 Å². The van der Waals surface area contributed by atoms with Crippen LogP contribution in [0, 0.1) is 6.57 Å². The molecule has 0 saturated carbocycles. The monoisotopic (exact) mass is 218 g/mol. The van der Waals surface area contributed by atoms with Crippen LogP contribution >= 0.6 is 0 Å². The molecule has 0 fully saturated rings. The zero-order chi connectivity index (χ0) is 12.2. The fourth-order valence-corrected chi connectivity index (χ4v) is 1.09. The standard InChI is InChI=1S/C12H14N2O2/c1-12(2,3)16-11(15)14-10-8-6-5-7-9(10)13-4/h5-8H,1-3H3,(H,14,15). The molecule has 0 radical (unpaired) electrons. The van der Waals surface area contributed by atoms with Gasteiger partial charge in [0.1, 0.15) is 5.60 Å². The van der Waals surface area contributed by atoms with Crippen molar-refractivity contribution >= 4 is 17.5 Å². The summed E-state index contributed by atoms with van der Waals surface area (Å²) in [7, 11) is 0. The molecule has 16 heavy (non-hydrogen) atoms. The zero-order valence-electron chi connectivity index (χ0n) is 9.57. The van der Waals surface area contributed by atoms with Crippen molar-refractivity contribution in [1.29, 1.82) is 0 Å². The predicted octanol–water partition coefficient (Wildman–Crippen LogP) is 3.58. The molecule has 84 valence electrons. The number of carbonyl (C=O) groups excluding carboxylic acids is 1. The van der Waals surface area contributed by atoms with Crippen molar-refractivity contribution in [3.05, 3.63) is 35.7 Å². The second-order valence-corrected chi connectivity index (χ2v) is 4.26. The Hall–Kier alpha value is -2.02. The van der Waals surface area contributed by atoms with E-state index in [0.29, 0.717) is 11.4 Å². The third-order valence-corrected chi connectivity index (χ3v) is 1.66. The van der Waals surface area contributed by atoms with E-state index in [1.165, 1.54) is 0 Å². The lowest BCUT2D eigenvalue weighted by molar-refractivity contribution is 0.0636. The first kappa shape index (κ1) is 12.1. The Balaban J connectivity index is 2.75. The lowest BCUT2D eigenvalue weighted by Gasteiger charge is -2.19. The van der Waals surface area contributed by atoms with Crippen molar-refractivity contribution in [2.45, 2.75) is 26.4 Å². The Labute approximate surface area is 95.0 Å². The van der Waals surface area contributed by atoms with Gasteiger partial charge < -0.3 is 10.1 Å². The van der Waals surface area contributed by atoms with Gasteiger partial charge in [0.15, 0.2) is 0 Å². The maximum absolute atomic E-state index is 11.5. The molecule has 0 unspecified atom stereocenters. The SMILES string of the molecule is [C-]#[N+]c1ccccc1NC(=O)OC(C)(C)C. The van der Waals surface area contributed by atoms with Gasteiger partial charge in [-0.3, -0.25) is 0 Å². The van der Waals surface area contributed by atoms with E-state index >= 15 is 0 Å². The van der Waals surface area contributed by atoms with E-state index in [1.807, 2.05) is 0 Å². The van der Waals surface area contributed by atoms with Crippen molar-refractivity contribution < 1.29 is 9.53 Å². The Kier molecular flexibility index (Phi) is 3.51. The summed E-state index contributed by atoms with van der Waals surface area (Å²) in [6.45, 7) is 12.3. The lowest BCUT2D eigenvalue weighted by Crippen LogP contribution is -2.27. The number of hydrogen-bond donors (Lipinski definition) is 1. The predicted molar refractivity (Wildman–Crippen MR) is 62.6 cm³/mol. The Morgan fingerprint density at radius 3 is 2.56 bits per heavy atom. The minimum atomic E-state index is -0.552. The van der Waals surface area contributed by atoms with Gasteiger partial charge in [0.25, 0.3) is 0 Å². The maximum atomic E-state index is 11.5. The van der Waals surface area contributed by atoms with Gasteiger partial charge in [0.05, 0.1) is 6.57 Å². The molecule has 0 aromatic heterocycles. The van der Waals surface area contributed by atoms with Crippen molar-refractivity contribution in [2.24, 2.45) is 0 Å². The van der Waals surface area contributed by atoms with Crippen LogP contribution in [0.1, 0.15) is 20.8 Å². The Bertz CT molecular complexity index is 427. The van der Waals surface area contributed by atoms with E-state index in [-0.39, 0.29) is 0 Å². The maximum Gasteiger partial charge on any atom is 0.411 e. The van der Waals surface area contributed by atoms with Gasteiger partial charge in [-0.2, -0.15) is 0 Å². The number of para-hydroxylation sites is 2. The molecule has 1 aromatic rings.